The lowest BCUT2D eigenvalue weighted by atomic mass is 9.85. The van der Waals surface area contributed by atoms with Gasteiger partial charge in [0.2, 0.25) is 0 Å². The minimum atomic E-state index is -4.58. The maximum atomic E-state index is 14.3. The Labute approximate surface area is 290 Å². The van der Waals surface area contributed by atoms with Crippen LogP contribution in [0.25, 0.3) is 98.0 Å². The lowest BCUT2D eigenvalue weighted by molar-refractivity contribution is -0.432. The second-order valence-electron chi connectivity index (χ2n) is 12.6. The zero-order valence-corrected chi connectivity index (χ0v) is 27.4. The van der Waals surface area contributed by atoms with Crippen LogP contribution in [0.2, 0.25) is 0 Å². The van der Waals surface area contributed by atoms with Crippen molar-refractivity contribution in [3.63, 3.8) is 0 Å². The number of imidazole rings is 2. The van der Waals surface area contributed by atoms with Crippen molar-refractivity contribution in [2.75, 3.05) is 0 Å². The Morgan fingerprint density at radius 2 is 1.10 bits per heavy atom. The number of nitrogens with zero attached hydrogens (tertiary/aromatic N) is 4. The molecule has 16 heteroatoms. The van der Waals surface area contributed by atoms with Crippen LogP contribution >= 0.6 is 12.0 Å². The number of phenols is 2. The van der Waals surface area contributed by atoms with E-state index in [1.54, 1.807) is 48.5 Å². The van der Waals surface area contributed by atoms with E-state index in [9.17, 15) is 32.8 Å². The van der Waals surface area contributed by atoms with Crippen molar-refractivity contribution in [1.82, 2.24) is 18.8 Å². The van der Waals surface area contributed by atoms with Crippen molar-refractivity contribution in [3.05, 3.63) is 93.5 Å². The quantitative estimate of drug-likeness (QED) is 0.0392. The van der Waals surface area contributed by atoms with E-state index >= 15 is 0 Å². The molecule has 4 heterocycles. The summed E-state index contributed by atoms with van der Waals surface area (Å²) in [6.07, 6.45) is 0. The normalized spacial score (nSPS) is 13.1. The maximum absolute atomic E-state index is 14.3. The predicted octanol–water partition coefficient (Wildman–Crippen LogP) is 6.33. The average molecular weight is 729 g/mol. The van der Waals surface area contributed by atoms with Gasteiger partial charge in [0.15, 0.2) is 0 Å². The third kappa shape index (κ3) is 3.49. The van der Waals surface area contributed by atoms with Crippen molar-refractivity contribution in [2.45, 2.75) is 9.79 Å². The Balaban J connectivity index is 1.31. The fourth-order valence-corrected chi connectivity index (χ4v) is 9.06. The third-order valence-corrected chi connectivity index (χ3v) is 11.5. The molecule has 0 fully saturated rings. The van der Waals surface area contributed by atoms with Crippen LogP contribution in [0.3, 0.4) is 0 Å². The molecule has 0 spiro atoms. The van der Waals surface area contributed by atoms with Gasteiger partial charge >= 0.3 is 0 Å². The highest BCUT2D eigenvalue weighted by atomic mass is 32.2. The highest BCUT2D eigenvalue weighted by Crippen LogP contribution is 2.51. The SMILES string of the molecule is O=c1c2ccc3c4c(O)cc5c6c(ccc(c7c(O)cc(c2c37)c2nc3ccc(SOOO)cc3n12)c46)c(=O)n1c2cc(S(=O)(=O)O)ccc2nc51. The molecule has 0 aliphatic carbocycles. The van der Waals surface area contributed by atoms with E-state index in [0.717, 1.165) is 12.0 Å². The molecule has 0 atom stereocenters. The fraction of sp³-hybridized carbons (Fsp3) is 0. The zero-order valence-electron chi connectivity index (χ0n) is 25.8. The molecule has 0 saturated heterocycles. The van der Waals surface area contributed by atoms with Gasteiger partial charge in [-0.3, -0.25) is 22.9 Å². The van der Waals surface area contributed by atoms with Gasteiger partial charge in [-0.15, -0.1) is 4.33 Å². The maximum Gasteiger partial charge on any atom is 0.294 e. The van der Waals surface area contributed by atoms with Crippen LogP contribution < -0.4 is 11.1 Å². The molecule has 14 nitrogen and oxygen atoms in total. The monoisotopic (exact) mass is 728 g/mol. The first kappa shape index (κ1) is 29.6. The zero-order chi connectivity index (χ0) is 35.5. The molecular weight excluding hydrogens is 713 g/mol. The Kier molecular flexibility index (Phi) is 5.45. The van der Waals surface area contributed by atoms with Gasteiger partial charge in [0.05, 0.1) is 39.0 Å². The molecule has 11 rings (SSSR count). The number of aromatic nitrogens is 4. The van der Waals surface area contributed by atoms with Crippen LogP contribution in [0, 0.1) is 0 Å². The van der Waals surface area contributed by atoms with Gasteiger partial charge in [0, 0.05) is 58.8 Å². The van der Waals surface area contributed by atoms with Gasteiger partial charge in [0.25, 0.3) is 21.2 Å². The highest BCUT2D eigenvalue weighted by molar-refractivity contribution is 7.94. The van der Waals surface area contributed by atoms with Crippen LogP contribution in [0.1, 0.15) is 0 Å². The first-order valence-electron chi connectivity index (χ1n) is 15.5. The highest BCUT2D eigenvalue weighted by Gasteiger charge is 2.27. The van der Waals surface area contributed by atoms with Gasteiger partial charge in [0.1, 0.15) is 22.8 Å². The number of hydrogen-bond donors (Lipinski definition) is 4. The second-order valence-corrected chi connectivity index (χ2v) is 14.8. The van der Waals surface area contributed by atoms with E-state index in [4.69, 9.17) is 10.2 Å². The Bertz CT molecular complexity index is 3680. The molecule has 0 unspecified atom stereocenters. The number of aromatic hydroxyl groups is 2. The second kappa shape index (κ2) is 9.59. The summed E-state index contributed by atoms with van der Waals surface area (Å²) in [5, 5.41) is 41.4. The summed E-state index contributed by atoms with van der Waals surface area (Å²) < 4.78 is 40.9. The van der Waals surface area contributed by atoms with Crippen LogP contribution in [0.4, 0.5) is 0 Å². The molecule has 0 saturated carbocycles. The fourth-order valence-electron chi connectivity index (χ4n) is 8.16. The van der Waals surface area contributed by atoms with Crippen molar-refractivity contribution < 1.29 is 37.8 Å². The van der Waals surface area contributed by atoms with Crippen LogP contribution in [0.5, 0.6) is 11.5 Å². The summed E-state index contributed by atoms with van der Waals surface area (Å²) in [5.74, 6) is -0.261. The first-order valence-corrected chi connectivity index (χ1v) is 17.7. The van der Waals surface area contributed by atoms with E-state index in [1.807, 2.05) is 0 Å². The molecule has 0 aliphatic rings. The lowest BCUT2D eigenvalue weighted by Gasteiger charge is -2.19. The van der Waals surface area contributed by atoms with Gasteiger partial charge in [-0.25, -0.2) is 15.2 Å². The third-order valence-electron chi connectivity index (χ3n) is 10.1. The Morgan fingerprint density at radius 1 is 0.596 bits per heavy atom. The van der Waals surface area contributed by atoms with E-state index in [0.29, 0.717) is 86.3 Å². The number of hydrogen-bond acceptors (Lipinski definition) is 12. The molecule has 0 radical (unpaired) electrons. The lowest BCUT2D eigenvalue weighted by Crippen LogP contribution is -2.14. The molecule has 4 N–H and O–H groups in total. The Morgan fingerprint density at radius 3 is 1.62 bits per heavy atom. The number of fused-ring (bicyclic) bond motifs is 10. The number of benzene rings is 7. The molecule has 0 bridgehead atoms. The van der Waals surface area contributed by atoms with Gasteiger partial charge in [-0.1, -0.05) is 17.2 Å². The summed E-state index contributed by atoms with van der Waals surface area (Å²) in [6, 6.07) is 18.5. The molecule has 0 aliphatic heterocycles. The smallest absolute Gasteiger partial charge is 0.294 e. The molecule has 252 valence electrons. The van der Waals surface area contributed by atoms with E-state index < -0.39 is 20.6 Å². The largest absolute Gasteiger partial charge is 0.507 e. The number of rotatable bonds is 4. The van der Waals surface area contributed by atoms with Crippen molar-refractivity contribution >= 4 is 120 Å². The molecule has 0 amide bonds. The van der Waals surface area contributed by atoms with Crippen LogP contribution in [-0.4, -0.2) is 47.2 Å². The van der Waals surface area contributed by atoms with Gasteiger partial charge < -0.3 is 10.2 Å². The molecular formula is C36H16N4O10S2. The summed E-state index contributed by atoms with van der Waals surface area (Å²) in [6.45, 7) is 0. The van der Waals surface area contributed by atoms with Crippen LogP contribution in [0.15, 0.2) is 92.2 Å². The number of phenolic OH excluding ortho intramolecular Hbond substituents is 2. The molecule has 52 heavy (non-hydrogen) atoms. The van der Waals surface area contributed by atoms with Crippen molar-refractivity contribution in [1.29, 1.82) is 0 Å². The van der Waals surface area contributed by atoms with E-state index in [-0.39, 0.29) is 33.6 Å². The van der Waals surface area contributed by atoms with Gasteiger partial charge in [-0.2, -0.15) is 8.42 Å². The van der Waals surface area contributed by atoms with E-state index in [2.05, 4.69) is 14.4 Å². The predicted molar refractivity (Wildman–Crippen MR) is 194 cm³/mol. The summed E-state index contributed by atoms with van der Waals surface area (Å²) in [7, 11) is -4.58. The molecule has 11 aromatic rings. The summed E-state index contributed by atoms with van der Waals surface area (Å²) >= 11 is 0.741. The van der Waals surface area contributed by atoms with Crippen LogP contribution in [-0.2, 0) is 19.5 Å². The van der Waals surface area contributed by atoms with E-state index in [1.165, 1.54) is 33.1 Å². The van der Waals surface area contributed by atoms with Crippen molar-refractivity contribution in [2.24, 2.45) is 0 Å². The summed E-state index contributed by atoms with van der Waals surface area (Å²) in [4.78, 5) is 38.0. The number of pyridine rings is 2. The Hall–Kier alpha value is -6.14. The first-order chi connectivity index (χ1) is 25.0. The average Bonchev–Trinajstić information content (AvgIpc) is 3.71. The van der Waals surface area contributed by atoms with Crippen molar-refractivity contribution in [3.8, 4) is 11.5 Å². The minimum Gasteiger partial charge on any atom is -0.507 e. The standard InChI is InChI=1S/C36H16N4O10S2/c41-25-11-19-27-17(35(43)39-23-9-13(51-50-49-45)1-7-21(23)37-33(19)39)5-3-15-30-26(42)12-20-28-18(6-4-16(32(28)30)29(25)31(15)27)36(44)40-24-10-14(52(46,47)48)2-8-22(24)38-34(20)40/h1-12,41-42,45H,(H,46,47,48). The molecule has 4 aromatic heterocycles. The summed E-state index contributed by atoms with van der Waals surface area (Å²) in [5.41, 5.74) is 1.04. The van der Waals surface area contributed by atoms with Gasteiger partial charge in [-0.05, 0) is 71.4 Å². The molecule has 7 aromatic carbocycles. The topological polar surface area (TPSA) is 202 Å². The minimum absolute atomic E-state index is 0.114.